The van der Waals surface area contributed by atoms with Gasteiger partial charge in [0.25, 0.3) is 0 Å². The van der Waals surface area contributed by atoms with Gasteiger partial charge in [0.2, 0.25) is 5.91 Å². The van der Waals surface area contributed by atoms with Gasteiger partial charge < -0.3 is 9.64 Å². The number of amides is 1. The second kappa shape index (κ2) is 8.31. The van der Waals surface area contributed by atoms with Gasteiger partial charge in [-0.25, -0.2) is 4.39 Å². The third-order valence-electron chi connectivity index (χ3n) is 3.88. The van der Waals surface area contributed by atoms with E-state index < -0.39 is 12.7 Å². The number of rotatable bonds is 7. The number of halogens is 3. The lowest BCUT2D eigenvalue weighted by molar-refractivity contribution is -0.158. The zero-order valence-corrected chi connectivity index (χ0v) is 13.1. The van der Waals surface area contributed by atoms with Crippen LogP contribution in [0.5, 0.6) is 0 Å². The van der Waals surface area contributed by atoms with Crippen molar-refractivity contribution in [3.63, 3.8) is 0 Å². The van der Waals surface area contributed by atoms with Crippen molar-refractivity contribution in [2.75, 3.05) is 26.2 Å². The van der Waals surface area contributed by atoms with Gasteiger partial charge >= 0.3 is 6.61 Å². The summed E-state index contributed by atoms with van der Waals surface area (Å²) in [5, 5.41) is 0. The zero-order valence-electron chi connectivity index (χ0n) is 13.1. The van der Waals surface area contributed by atoms with Crippen LogP contribution in [0.15, 0.2) is 24.3 Å². The van der Waals surface area contributed by atoms with Gasteiger partial charge in [0.1, 0.15) is 5.82 Å². The van der Waals surface area contributed by atoms with Crippen LogP contribution in [-0.4, -0.2) is 54.6 Å². The van der Waals surface area contributed by atoms with Gasteiger partial charge in [-0.1, -0.05) is 12.1 Å². The Balaban J connectivity index is 1.86. The maximum atomic E-state index is 13.2. The fourth-order valence-corrected chi connectivity index (χ4v) is 2.72. The first-order valence-corrected chi connectivity index (χ1v) is 7.66. The summed E-state index contributed by atoms with van der Waals surface area (Å²) < 4.78 is 42.1. The number of hydrogen-bond donors (Lipinski definition) is 0. The lowest BCUT2D eigenvalue weighted by Crippen LogP contribution is -2.39. The molecule has 0 aromatic heterocycles. The highest BCUT2D eigenvalue weighted by atomic mass is 19.3. The van der Waals surface area contributed by atoms with E-state index in [1.807, 2.05) is 11.8 Å². The van der Waals surface area contributed by atoms with Crippen LogP contribution in [0.1, 0.15) is 18.9 Å². The van der Waals surface area contributed by atoms with Crippen molar-refractivity contribution >= 4 is 5.91 Å². The molecule has 0 aliphatic carbocycles. The van der Waals surface area contributed by atoms with Crippen LogP contribution in [0.2, 0.25) is 0 Å². The Morgan fingerprint density at radius 1 is 1.48 bits per heavy atom. The molecule has 7 heteroatoms. The van der Waals surface area contributed by atoms with Gasteiger partial charge in [-0.15, -0.1) is 0 Å². The van der Waals surface area contributed by atoms with Crippen molar-refractivity contribution in [1.82, 2.24) is 9.80 Å². The molecule has 4 nitrogen and oxygen atoms in total. The van der Waals surface area contributed by atoms with Crippen molar-refractivity contribution in [3.8, 4) is 0 Å². The lowest BCUT2D eigenvalue weighted by Gasteiger charge is -2.24. The first kappa shape index (κ1) is 17.7. The minimum atomic E-state index is -2.78. The number of ether oxygens (including phenoxy) is 1. The third-order valence-corrected chi connectivity index (χ3v) is 3.88. The van der Waals surface area contributed by atoms with Crippen LogP contribution >= 0.6 is 0 Å². The Kier molecular flexibility index (Phi) is 6.41. The van der Waals surface area contributed by atoms with Crippen molar-refractivity contribution in [2.45, 2.75) is 32.6 Å². The molecule has 0 saturated carbocycles. The molecule has 0 unspecified atom stereocenters. The molecular formula is C16H21F3N2O2. The highest BCUT2D eigenvalue weighted by Gasteiger charge is 2.28. The third kappa shape index (κ3) is 5.51. The summed E-state index contributed by atoms with van der Waals surface area (Å²) in [6.45, 7) is 0.943. The molecule has 1 fully saturated rings. The molecule has 1 aliphatic rings. The number of likely N-dealkylation sites (tertiary alicyclic amines) is 1. The maximum absolute atomic E-state index is 13.2. The van der Waals surface area contributed by atoms with Gasteiger partial charge in [-0.05, 0) is 31.0 Å². The molecule has 128 valence electrons. The highest BCUT2D eigenvalue weighted by Crippen LogP contribution is 2.16. The van der Waals surface area contributed by atoms with Crippen LogP contribution < -0.4 is 0 Å². The molecule has 1 heterocycles. The van der Waals surface area contributed by atoms with E-state index in [9.17, 15) is 18.0 Å². The van der Waals surface area contributed by atoms with E-state index >= 15 is 0 Å². The minimum absolute atomic E-state index is 0.102. The summed E-state index contributed by atoms with van der Waals surface area (Å²) in [5.74, 6) is -0.438. The van der Waals surface area contributed by atoms with Gasteiger partial charge in [0.05, 0.1) is 12.6 Å². The minimum Gasteiger partial charge on any atom is -0.338 e. The second-order valence-electron chi connectivity index (χ2n) is 5.58. The van der Waals surface area contributed by atoms with Crippen LogP contribution in [0.25, 0.3) is 0 Å². The second-order valence-corrected chi connectivity index (χ2v) is 5.58. The van der Waals surface area contributed by atoms with Crippen LogP contribution in [0.3, 0.4) is 0 Å². The molecule has 1 atom stereocenters. The molecule has 0 N–H and O–H groups in total. The summed E-state index contributed by atoms with van der Waals surface area (Å²) in [6, 6.07) is 6.13. The number of likely N-dealkylation sites (N-methyl/N-ethyl adjacent to an activating group) is 1. The van der Waals surface area contributed by atoms with Crippen molar-refractivity contribution in [2.24, 2.45) is 0 Å². The van der Waals surface area contributed by atoms with Gasteiger partial charge in [0, 0.05) is 26.2 Å². The number of alkyl halides is 2. The molecule has 1 aromatic rings. The molecule has 0 radical (unpaired) electrons. The Labute approximate surface area is 133 Å². The fraction of sp³-hybridized carbons (Fsp3) is 0.562. The molecule has 0 spiro atoms. The molecule has 1 aromatic carbocycles. The fourth-order valence-electron chi connectivity index (χ4n) is 2.72. The Morgan fingerprint density at radius 3 is 2.91 bits per heavy atom. The average molecular weight is 330 g/mol. The van der Waals surface area contributed by atoms with Crippen molar-refractivity contribution < 1.29 is 22.7 Å². The van der Waals surface area contributed by atoms with Gasteiger partial charge in [-0.3, -0.25) is 9.69 Å². The van der Waals surface area contributed by atoms with Gasteiger partial charge in [0.15, 0.2) is 0 Å². The van der Waals surface area contributed by atoms with E-state index in [4.69, 9.17) is 0 Å². The van der Waals surface area contributed by atoms with E-state index in [2.05, 4.69) is 4.74 Å². The molecular weight excluding hydrogens is 309 g/mol. The first-order valence-electron chi connectivity index (χ1n) is 7.66. The number of benzene rings is 1. The monoisotopic (exact) mass is 330 g/mol. The number of hydrogen-bond acceptors (Lipinski definition) is 3. The first-order chi connectivity index (χ1) is 11.0. The maximum Gasteiger partial charge on any atom is 0.345 e. The molecule has 2 rings (SSSR count). The Bertz CT molecular complexity index is 528. The normalized spacial score (nSPS) is 18.6. The lowest BCUT2D eigenvalue weighted by atomic mass is 10.2. The SMILES string of the molecule is CCN(Cc1cccc(F)c1)C(=O)CN1CC[C@H](OC(F)F)C1. The smallest absolute Gasteiger partial charge is 0.338 e. The van der Waals surface area contributed by atoms with E-state index in [0.717, 1.165) is 5.56 Å². The number of carbonyl (C=O) groups excluding carboxylic acids is 1. The van der Waals surface area contributed by atoms with E-state index in [0.29, 0.717) is 32.6 Å². The predicted molar refractivity (Wildman–Crippen MR) is 79.4 cm³/mol. The average Bonchev–Trinajstić information content (AvgIpc) is 2.91. The Hall–Kier alpha value is -1.60. The summed E-state index contributed by atoms with van der Waals surface area (Å²) in [5.41, 5.74) is 0.723. The van der Waals surface area contributed by atoms with E-state index in [1.165, 1.54) is 12.1 Å². The number of nitrogens with zero attached hydrogens (tertiary/aromatic N) is 2. The molecule has 1 amide bonds. The largest absolute Gasteiger partial charge is 0.345 e. The van der Waals surface area contributed by atoms with Crippen LogP contribution in [-0.2, 0) is 16.1 Å². The topological polar surface area (TPSA) is 32.8 Å². The summed E-state index contributed by atoms with van der Waals surface area (Å²) >= 11 is 0. The number of carbonyl (C=O) groups is 1. The van der Waals surface area contributed by atoms with Crippen LogP contribution in [0, 0.1) is 5.82 Å². The highest BCUT2D eigenvalue weighted by molar-refractivity contribution is 5.78. The Morgan fingerprint density at radius 2 is 2.26 bits per heavy atom. The van der Waals surface area contributed by atoms with E-state index in [-0.39, 0.29) is 18.3 Å². The quantitative estimate of drug-likeness (QED) is 0.770. The zero-order chi connectivity index (χ0) is 16.8. The van der Waals surface area contributed by atoms with Gasteiger partial charge in [-0.2, -0.15) is 8.78 Å². The van der Waals surface area contributed by atoms with Crippen molar-refractivity contribution in [3.05, 3.63) is 35.6 Å². The molecule has 23 heavy (non-hydrogen) atoms. The molecule has 1 saturated heterocycles. The summed E-state index contributed by atoms with van der Waals surface area (Å²) in [7, 11) is 0. The molecule has 1 aliphatic heterocycles. The molecule has 0 bridgehead atoms. The van der Waals surface area contributed by atoms with E-state index in [1.54, 1.807) is 17.0 Å². The van der Waals surface area contributed by atoms with Crippen molar-refractivity contribution in [1.29, 1.82) is 0 Å². The summed E-state index contributed by atoms with van der Waals surface area (Å²) in [6.07, 6.45) is -0.0331. The summed E-state index contributed by atoms with van der Waals surface area (Å²) in [4.78, 5) is 15.8. The standard InChI is InChI=1S/C16H21F3N2O2/c1-2-21(9-12-4-3-5-13(17)8-12)15(22)11-20-7-6-14(10-20)23-16(18)19/h3-5,8,14,16H,2,6-7,9-11H2,1H3/t14-/m0/s1. The van der Waals surface area contributed by atoms with Crippen LogP contribution in [0.4, 0.5) is 13.2 Å². The predicted octanol–water partition coefficient (Wildman–Crippen LogP) is 2.49.